The number of nitrogens with zero attached hydrogens (tertiary/aromatic N) is 2. The van der Waals surface area contributed by atoms with E-state index in [0.717, 1.165) is 4.90 Å². The van der Waals surface area contributed by atoms with Gasteiger partial charge in [0.05, 0.1) is 13.9 Å². The van der Waals surface area contributed by atoms with E-state index in [1.54, 1.807) is 12.1 Å². The van der Waals surface area contributed by atoms with E-state index in [2.05, 4.69) is 0 Å². The SMILES string of the molecule is [2H]C([2H])([2H])Oc1ccc2c(ccn2C([2H])([2H])C(C)(C)N(C)C([2H])([2H])[2H])c1. The van der Waals surface area contributed by atoms with Gasteiger partial charge in [-0.15, -0.1) is 0 Å². The largest absolute Gasteiger partial charge is 0.497 e. The van der Waals surface area contributed by atoms with Crippen molar-refractivity contribution in [1.29, 1.82) is 0 Å². The molecule has 2 rings (SSSR count). The van der Waals surface area contributed by atoms with Crippen molar-refractivity contribution in [2.45, 2.75) is 25.9 Å². The summed E-state index contributed by atoms with van der Waals surface area (Å²) >= 11 is 0. The van der Waals surface area contributed by atoms with Crippen molar-refractivity contribution >= 4 is 10.9 Å². The highest BCUT2D eigenvalue weighted by Crippen LogP contribution is 2.24. The average Bonchev–Trinajstić information content (AvgIpc) is 2.87. The summed E-state index contributed by atoms with van der Waals surface area (Å²) in [5, 5.41) is 0.586. The lowest BCUT2D eigenvalue weighted by Crippen LogP contribution is -2.41. The lowest BCUT2D eigenvalue weighted by molar-refractivity contribution is 0.171. The Balaban J connectivity index is 2.49. The molecule has 98 valence electrons. The van der Waals surface area contributed by atoms with Crippen LogP contribution in [0.15, 0.2) is 30.5 Å². The number of hydrogen-bond acceptors (Lipinski definition) is 2. The number of fused-ring (bicyclic) bond motifs is 1. The highest BCUT2D eigenvalue weighted by molar-refractivity contribution is 5.81. The minimum Gasteiger partial charge on any atom is -0.497 e. The van der Waals surface area contributed by atoms with Crippen LogP contribution in [0.2, 0.25) is 0 Å². The molecule has 0 spiro atoms. The van der Waals surface area contributed by atoms with Gasteiger partial charge in [-0.05, 0) is 52.1 Å². The van der Waals surface area contributed by atoms with Gasteiger partial charge in [0.25, 0.3) is 0 Å². The Hall–Kier alpha value is -1.48. The summed E-state index contributed by atoms with van der Waals surface area (Å²) in [6, 6.07) is 6.14. The van der Waals surface area contributed by atoms with E-state index in [0.29, 0.717) is 10.9 Å². The molecule has 0 aliphatic heterocycles. The van der Waals surface area contributed by atoms with Crippen molar-refractivity contribution in [3.8, 4) is 5.75 Å². The van der Waals surface area contributed by atoms with Gasteiger partial charge in [0.15, 0.2) is 0 Å². The number of ether oxygens (including phenoxy) is 1. The van der Waals surface area contributed by atoms with Crippen LogP contribution < -0.4 is 4.74 Å². The Morgan fingerprint density at radius 1 is 1.44 bits per heavy atom. The molecule has 0 unspecified atom stereocenters. The second-order valence-corrected chi connectivity index (χ2v) is 4.74. The molecule has 0 amide bonds. The summed E-state index contributed by atoms with van der Waals surface area (Å²) in [6.07, 6.45) is 1.51. The van der Waals surface area contributed by atoms with E-state index < -0.39 is 26.0 Å². The van der Waals surface area contributed by atoms with Crippen LogP contribution in [-0.2, 0) is 6.50 Å². The summed E-state index contributed by atoms with van der Waals surface area (Å²) in [6.45, 7) is -1.47. The monoisotopic (exact) mass is 254 g/mol. The van der Waals surface area contributed by atoms with Gasteiger partial charge in [-0.1, -0.05) is 0 Å². The molecule has 3 nitrogen and oxygen atoms in total. The molecule has 1 aromatic heterocycles. The van der Waals surface area contributed by atoms with Crippen LogP contribution in [0.5, 0.6) is 5.75 Å². The quantitative estimate of drug-likeness (QED) is 0.834. The fourth-order valence-corrected chi connectivity index (χ4v) is 1.65. The van der Waals surface area contributed by atoms with Crippen molar-refractivity contribution in [3.63, 3.8) is 0 Å². The molecule has 0 saturated carbocycles. The first-order chi connectivity index (χ1) is 11.6. The number of methoxy groups -OCH3 is 1. The van der Waals surface area contributed by atoms with Crippen molar-refractivity contribution < 1.29 is 15.7 Å². The summed E-state index contributed by atoms with van der Waals surface area (Å²) in [5.41, 5.74) is -0.863. The first-order valence-corrected chi connectivity index (χ1v) is 5.62. The lowest BCUT2D eigenvalue weighted by Gasteiger charge is -2.33. The Bertz CT molecular complexity index is 791. The third-order valence-corrected chi connectivity index (χ3v) is 3.01. The predicted octanol–water partition coefficient (Wildman–Crippen LogP) is 2.99. The van der Waals surface area contributed by atoms with Crippen LogP contribution in [0.3, 0.4) is 0 Å². The zero-order chi connectivity index (χ0) is 20.1. The molecule has 0 atom stereocenters. The minimum atomic E-state index is -2.57. The molecule has 0 aliphatic carbocycles. The van der Waals surface area contributed by atoms with Gasteiger partial charge < -0.3 is 14.2 Å². The van der Waals surface area contributed by atoms with Crippen LogP contribution in [0, 0.1) is 0 Å². The molecule has 0 radical (unpaired) electrons. The molecule has 2 aromatic rings. The molecule has 0 N–H and O–H groups in total. The van der Waals surface area contributed by atoms with Gasteiger partial charge in [0, 0.05) is 33.2 Å². The number of likely N-dealkylation sites (N-methyl/N-ethyl adjacent to an activating group) is 1. The normalized spacial score (nSPS) is 21.1. The van der Waals surface area contributed by atoms with Crippen LogP contribution in [0.4, 0.5) is 0 Å². The predicted molar refractivity (Wildman–Crippen MR) is 76.3 cm³/mol. The van der Waals surface area contributed by atoms with E-state index >= 15 is 0 Å². The average molecular weight is 254 g/mol. The Morgan fingerprint density at radius 2 is 2.28 bits per heavy atom. The molecule has 0 saturated heterocycles. The first kappa shape index (κ1) is 6.11. The molecule has 0 fully saturated rings. The van der Waals surface area contributed by atoms with E-state index in [-0.39, 0.29) is 5.75 Å². The number of hydrogen-bond donors (Lipinski definition) is 0. The Kier molecular flexibility index (Phi) is 1.58. The van der Waals surface area contributed by atoms with Crippen molar-refractivity contribution in [2.24, 2.45) is 0 Å². The van der Waals surface area contributed by atoms with Gasteiger partial charge in [-0.2, -0.15) is 0 Å². The lowest BCUT2D eigenvalue weighted by atomic mass is 10.0. The van der Waals surface area contributed by atoms with E-state index in [4.69, 9.17) is 15.7 Å². The molecule has 0 bridgehead atoms. The molecular formula is C15H22N2O. The third kappa shape index (κ3) is 2.36. The van der Waals surface area contributed by atoms with Crippen molar-refractivity contribution in [2.75, 3.05) is 21.1 Å². The van der Waals surface area contributed by atoms with Crippen LogP contribution >= 0.6 is 0 Å². The summed E-state index contributed by atoms with van der Waals surface area (Å²) < 4.78 is 67.6. The Labute approximate surface area is 120 Å². The second kappa shape index (κ2) is 4.65. The topological polar surface area (TPSA) is 17.4 Å². The number of aromatic nitrogens is 1. The van der Waals surface area contributed by atoms with Gasteiger partial charge in [0.2, 0.25) is 0 Å². The van der Waals surface area contributed by atoms with Gasteiger partial charge in [-0.25, -0.2) is 0 Å². The summed E-state index contributed by atoms with van der Waals surface area (Å²) in [5.74, 6) is 0.148. The summed E-state index contributed by atoms with van der Waals surface area (Å²) in [7, 11) is -1.21. The van der Waals surface area contributed by atoms with Gasteiger partial charge in [0.1, 0.15) is 5.75 Å². The molecular weight excluding hydrogens is 224 g/mol. The molecule has 3 heteroatoms. The maximum atomic E-state index is 8.59. The highest BCUT2D eigenvalue weighted by Gasteiger charge is 2.21. The van der Waals surface area contributed by atoms with Crippen molar-refractivity contribution in [1.82, 2.24) is 9.47 Å². The maximum absolute atomic E-state index is 8.59. The van der Waals surface area contributed by atoms with E-state index in [1.165, 1.54) is 43.8 Å². The summed E-state index contributed by atoms with van der Waals surface area (Å²) in [4.78, 5) is 1.03. The fraction of sp³-hybridized carbons (Fsp3) is 0.467. The molecule has 0 aliphatic rings. The third-order valence-electron chi connectivity index (χ3n) is 3.01. The zero-order valence-electron chi connectivity index (χ0n) is 18.7. The number of rotatable bonds is 4. The van der Waals surface area contributed by atoms with Crippen molar-refractivity contribution in [3.05, 3.63) is 30.5 Å². The molecule has 1 heterocycles. The van der Waals surface area contributed by atoms with Crippen LogP contribution in [0.25, 0.3) is 10.9 Å². The van der Waals surface area contributed by atoms with Gasteiger partial charge in [-0.3, -0.25) is 0 Å². The maximum Gasteiger partial charge on any atom is 0.119 e. The molecule has 1 aromatic carbocycles. The second-order valence-electron chi connectivity index (χ2n) is 4.74. The van der Waals surface area contributed by atoms with Crippen LogP contribution in [-0.4, -0.2) is 36.1 Å². The fourth-order valence-electron chi connectivity index (χ4n) is 1.65. The van der Waals surface area contributed by atoms with Crippen LogP contribution in [0.1, 0.15) is 24.8 Å². The highest BCUT2D eigenvalue weighted by atomic mass is 16.5. The van der Waals surface area contributed by atoms with E-state index in [9.17, 15) is 0 Å². The first-order valence-electron chi connectivity index (χ1n) is 9.62. The minimum absolute atomic E-state index is 0.148. The number of benzene rings is 1. The van der Waals surface area contributed by atoms with E-state index in [1.807, 2.05) is 0 Å². The Morgan fingerprint density at radius 3 is 3.00 bits per heavy atom. The smallest absolute Gasteiger partial charge is 0.119 e. The standard InChI is InChI=1S/C15H22N2O/c1-15(2,16(3)4)11-17-9-8-12-10-13(18-5)6-7-14(12)17/h6-10H,11H2,1-5H3/i3D3,5D3,11D2. The molecule has 18 heavy (non-hydrogen) atoms. The zero-order valence-corrected chi connectivity index (χ0v) is 10.7. The van der Waals surface area contributed by atoms with Gasteiger partial charge >= 0.3 is 0 Å².